The Labute approximate surface area is 214 Å². The van der Waals surface area contributed by atoms with Gasteiger partial charge in [0.2, 0.25) is 0 Å². The summed E-state index contributed by atoms with van der Waals surface area (Å²) in [5, 5.41) is 0. The summed E-state index contributed by atoms with van der Waals surface area (Å²) in [7, 11) is 0. The minimum absolute atomic E-state index is 0.816. The Hall–Kier alpha value is -2.61. The van der Waals surface area contributed by atoms with Crippen molar-refractivity contribution in [1.82, 2.24) is 4.98 Å². The maximum absolute atomic E-state index is 5.93. The molecule has 0 saturated carbocycles. The predicted molar refractivity (Wildman–Crippen MR) is 150 cm³/mol. The zero-order valence-electron chi connectivity index (χ0n) is 22.1. The molecule has 3 aromatic rings. The van der Waals surface area contributed by atoms with Gasteiger partial charge in [-0.25, -0.2) is 0 Å². The normalized spacial score (nSPS) is 11.0. The average Bonchev–Trinajstić information content (AvgIpc) is 2.91. The standard InChI is InChI=1S/C33H45NO/c1-3-5-7-9-10-12-26-35-33-24-20-31(21-25-33)30-18-14-28(15-19-30)16-22-32-23-17-29(27-34-32)13-11-8-6-4-2/h14-15,17-21,23-25,27H,3-13,16,22,26H2,1-2H3. The first kappa shape index (κ1) is 27.0. The van der Waals surface area contributed by atoms with Crippen molar-refractivity contribution in [2.45, 2.75) is 97.3 Å². The first-order valence-electron chi connectivity index (χ1n) is 14.0. The Kier molecular flexibility index (Phi) is 12.4. The van der Waals surface area contributed by atoms with Crippen LogP contribution >= 0.6 is 0 Å². The van der Waals surface area contributed by atoms with Gasteiger partial charge in [-0.3, -0.25) is 4.98 Å². The Morgan fingerprint density at radius 3 is 1.80 bits per heavy atom. The van der Waals surface area contributed by atoms with Crippen molar-refractivity contribution in [1.29, 1.82) is 0 Å². The minimum Gasteiger partial charge on any atom is -0.494 e. The summed E-state index contributed by atoms with van der Waals surface area (Å²) in [5.74, 6) is 0.971. The van der Waals surface area contributed by atoms with Gasteiger partial charge in [0.25, 0.3) is 0 Å². The highest BCUT2D eigenvalue weighted by atomic mass is 16.5. The first-order valence-corrected chi connectivity index (χ1v) is 14.0. The van der Waals surface area contributed by atoms with E-state index in [0.29, 0.717) is 0 Å². The van der Waals surface area contributed by atoms with E-state index in [0.717, 1.165) is 38.0 Å². The van der Waals surface area contributed by atoms with Gasteiger partial charge in [-0.2, -0.15) is 0 Å². The third kappa shape index (κ3) is 10.3. The van der Waals surface area contributed by atoms with E-state index in [2.05, 4.69) is 80.7 Å². The van der Waals surface area contributed by atoms with Crippen molar-refractivity contribution in [3.8, 4) is 16.9 Å². The Bertz CT molecular complexity index is 928. The lowest BCUT2D eigenvalue weighted by Crippen LogP contribution is -1.97. The molecular formula is C33H45NO. The number of pyridine rings is 1. The van der Waals surface area contributed by atoms with Crippen molar-refractivity contribution in [2.24, 2.45) is 0 Å². The zero-order valence-corrected chi connectivity index (χ0v) is 22.1. The van der Waals surface area contributed by atoms with Crippen LogP contribution in [0.4, 0.5) is 0 Å². The van der Waals surface area contributed by atoms with E-state index in [1.54, 1.807) is 0 Å². The van der Waals surface area contributed by atoms with Crippen LogP contribution < -0.4 is 4.74 Å². The van der Waals surface area contributed by atoms with Crippen molar-refractivity contribution in [3.63, 3.8) is 0 Å². The van der Waals surface area contributed by atoms with Crippen LogP contribution in [0.15, 0.2) is 66.9 Å². The molecule has 2 heteroatoms. The Morgan fingerprint density at radius 1 is 0.543 bits per heavy atom. The third-order valence-electron chi connectivity index (χ3n) is 6.78. The van der Waals surface area contributed by atoms with E-state index in [4.69, 9.17) is 9.72 Å². The topological polar surface area (TPSA) is 22.1 Å². The second kappa shape index (κ2) is 16.1. The maximum atomic E-state index is 5.93. The van der Waals surface area contributed by atoms with Gasteiger partial charge in [0.15, 0.2) is 0 Å². The molecule has 0 fully saturated rings. The van der Waals surface area contributed by atoms with Crippen LogP contribution in [0, 0.1) is 0 Å². The van der Waals surface area contributed by atoms with Crippen LogP contribution in [0.5, 0.6) is 5.75 Å². The molecule has 3 rings (SSSR count). The Morgan fingerprint density at radius 2 is 1.14 bits per heavy atom. The van der Waals surface area contributed by atoms with Gasteiger partial charge in [-0.1, -0.05) is 108 Å². The molecule has 1 aromatic heterocycles. The number of aryl methyl sites for hydroxylation is 3. The molecule has 0 unspecified atom stereocenters. The van der Waals surface area contributed by atoms with E-state index < -0.39 is 0 Å². The summed E-state index contributed by atoms with van der Waals surface area (Å²) in [6.45, 7) is 5.33. The fourth-order valence-electron chi connectivity index (χ4n) is 4.46. The van der Waals surface area contributed by atoms with Gasteiger partial charge in [0.1, 0.15) is 5.75 Å². The summed E-state index contributed by atoms with van der Waals surface area (Å²) in [4.78, 5) is 4.70. The largest absolute Gasteiger partial charge is 0.494 e. The Balaban J connectivity index is 1.39. The lowest BCUT2D eigenvalue weighted by molar-refractivity contribution is 0.304. The molecule has 2 aromatic carbocycles. The van der Waals surface area contributed by atoms with Gasteiger partial charge in [-0.15, -0.1) is 0 Å². The van der Waals surface area contributed by atoms with Crippen molar-refractivity contribution < 1.29 is 4.74 Å². The lowest BCUT2D eigenvalue weighted by atomic mass is 10.0. The van der Waals surface area contributed by atoms with Crippen LogP contribution in [0.2, 0.25) is 0 Å². The molecule has 0 saturated heterocycles. The van der Waals surface area contributed by atoms with Gasteiger partial charge >= 0.3 is 0 Å². The number of ether oxygens (including phenoxy) is 1. The van der Waals surface area contributed by atoms with E-state index in [1.165, 1.54) is 85.7 Å². The maximum Gasteiger partial charge on any atom is 0.119 e. The molecule has 0 bridgehead atoms. The molecule has 1 heterocycles. The lowest BCUT2D eigenvalue weighted by Gasteiger charge is -2.08. The molecule has 0 spiro atoms. The van der Waals surface area contributed by atoms with Gasteiger partial charge < -0.3 is 4.74 Å². The molecule has 0 atom stereocenters. The van der Waals surface area contributed by atoms with Crippen LogP contribution in [0.1, 0.15) is 94.9 Å². The molecule has 0 aliphatic carbocycles. The zero-order chi connectivity index (χ0) is 24.6. The molecule has 0 aliphatic rings. The fraction of sp³-hybridized carbons (Fsp3) is 0.485. The van der Waals surface area contributed by atoms with Crippen LogP contribution in [-0.2, 0) is 19.3 Å². The van der Waals surface area contributed by atoms with Crippen molar-refractivity contribution in [2.75, 3.05) is 6.61 Å². The van der Waals surface area contributed by atoms with Crippen molar-refractivity contribution in [3.05, 3.63) is 83.7 Å². The molecule has 0 N–H and O–H groups in total. The fourth-order valence-corrected chi connectivity index (χ4v) is 4.46. The molecule has 188 valence electrons. The second-order valence-corrected chi connectivity index (χ2v) is 9.81. The number of rotatable bonds is 17. The summed E-state index contributed by atoms with van der Waals surface area (Å²) in [5.41, 5.74) is 6.40. The van der Waals surface area contributed by atoms with Crippen molar-refractivity contribution >= 4 is 0 Å². The molecule has 0 amide bonds. The first-order chi connectivity index (χ1) is 17.3. The van der Waals surface area contributed by atoms with E-state index in [1.807, 2.05) is 0 Å². The molecule has 35 heavy (non-hydrogen) atoms. The highest BCUT2D eigenvalue weighted by Crippen LogP contribution is 2.23. The third-order valence-corrected chi connectivity index (χ3v) is 6.78. The molecule has 0 radical (unpaired) electrons. The van der Waals surface area contributed by atoms with Crippen LogP contribution in [-0.4, -0.2) is 11.6 Å². The quantitative estimate of drug-likeness (QED) is 0.183. The summed E-state index contributed by atoms with van der Waals surface area (Å²) in [6, 6.07) is 22.0. The molecule has 2 nitrogen and oxygen atoms in total. The number of aromatic nitrogens is 1. The number of unbranched alkanes of at least 4 members (excludes halogenated alkanes) is 8. The summed E-state index contributed by atoms with van der Waals surface area (Å²) in [6.07, 6.45) is 18.2. The minimum atomic E-state index is 0.816. The second-order valence-electron chi connectivity index (χ2n) is 9.81. The SMILES string of the molecule is CCCCCCCCOc1ccc(-c2ccc(CCc3ccc(CCCCCC)cn3)cc2)cc1. The van der Waals surface area contributed by atoms with Gasteiger partial charge in [0.05, 0.1) is 6.61 Å². The predicted octanol–water partition coefficient (Wildman–Crippen LogP) is 9.40. The van der Waals surface area contributed by atoms with E-state index >= 15 is 0 Å². The molecular weight excluding hydrogens is 426 g/mol. The smallest absolute Gasteiger partial charge is 0.119 e. The number of hydrogen-bond donors (Lipinski definition) is 0. The van der Waals surface area contributed by atoms with Gasteiger partial charge in [0, 0.05) is 11.9 Å². The van der Waals surface area contributed by atoms with E-state index in [-0.39, 0.29) is 0 Å². The van der Waals surface area contributed by atoms with Crippen LogP contribution in [0.3, 0.4) is 0 Å². The molecule has 0 aliphatic heterocycles. The highest BCUT2D eigenvalue weighted by molar-refractivity contribution is 5.64. The number of nitrogens with zero attached hydrogens (tertiary/aromatic N) is 1. The number of hydrogen-bond acceptors (Lipinski definition) is 2. The average molecular weight is 472 g/mol. The monoisotopic (exact) mass is 471 g/mol. The number of benzene rings is 2. The van der Waals surface area contributed by atoms with Crippen LogP contribution in [0.25, 0.3) is 11.1 Å². The summed E-state index contributed by atoms with van der Waals surface area (Å²) >= 11 is 0. The summed E-state index contributed by atoms with van der Waals surface area (Å²) < 4.78 is 5.93. The van der Waals surface area contributed by atoms with Gasteiger partial charge in [-0.05, 0) is 72.6 Å². The highest BCUT2D eigenvalue weighted by Gasteiger charge is 2.02. The van der Waals surface area contributed by atoms with E-state index in [9.17, 15) is 0 Å².